The molecule has 2 aliphatic rings. The van der Waals surface area contributed by atoms with E-state index in [0.717, 1.165) is 44.8 Å². The zero-order valence-electron chi connectivity index (χ0n) is 19.8. The fourth-order valence-electron chi connectivity index (χ4n) is 4.20. The molecule has 7 rings (SSSR count). The first kappa shape index (κ1) is 24.8. The van der Waals surface area contributed by atoms with Crippen molar-refractivity contribution in [1.29, 1.82) is 0 Å². The number of fused-ring (bicyclic) bond motifs is 9. The van der Waals surface area contributed by atoms with Crippen molar-refractivity contribution < 1.29 is 17.1 Å². The van der Waals surface area contributed by atoms with Gasteiger partial charge in [0.15, 0.2) is 0 Å². The van der Waals surface area contributed by atoms with Gasteiger partial charge in [-0.1, -0.05) is 6.07 Å². The van der Waals surface area contributed by atoms with E-state index in [1.165, 1.54) is 0 Å². The molecule has 0 radical (unpaired) electrons. The topological polar surface area (TPSA) is 149 Å². The number of hydrogen-bond acceptors (Lipinski definition) is 5. The third-order valence-corrected chi connectivity index (χ3v) is 5.90. The van der Waals surface area contributed by atoms with Crippen LogP contribution in [0.25, 0.3) is 57.1 Å². The number of nitrogen functional groups attached to an aromatic ring is 1. The largest absolute Gasteiger partial charge is 0.398 e. The van der Waals surface area contributed by atoms with E-state index in [2.05, 4.69) is 60.5 Å². The van der Waals surface area contributed by atoms with E-state index in [4.69, 9.17) is 5.73 Å². The van der Waals surface area contributed by atoms with Crippen LogP contribution in [0, 0.1) is 0 Å². The normalized spacial score (nSPS) is 11.6. The summed E-state index contributed by atoms with van der Waals surface area (Å²) in [6.07, 6.45) is 8.05. The van der Waals surface area contributed by atoms with Gasteiger partial charge in [-0.3, -0.25) is 19.8 Å². The molecule has 2 aliphatic heterocycles. The summed E-state index contributed by atoms with van der Waals surface area (Å²) in [6.45, 7) is 0. The Kier molecular flexibility index (Phi) is 6.66. The second-order valence-electron chi connectivity index (χ2n) is 8.58. The summed E-state index contributed by atoms with van der Waals surface area (Å²) in [7, 11) is 0. The van der Waals surface area contributed by atoms with E-state index >= 15 is 0 Å². The molecular formula is C28H21FeN7O2. The molecule has 0 unspecified atom stereocenters. The van der Waals surface area contributed by atoms with E-state index in [1.807, 2.05) is 42.5 Å². The smallest absolute Gasteiger partial charge is 0.272 e. The minimum Gasteiger partial charge on any atom is -0.398 e. The molecule has 5 aromatic rings. The zero-order chi connectivity index (χ0) is 25.4. The van der Waals surface area contributed by atoms with Crippen LogP contribution in [0.5, 0.6) is 0 Å². The maximum absolute atomic E-state index is 11.2. The summed E-state index contributed by atoms with van der Waals surface area (Å²) in [4.78, 5) is 38.5. The number of rotatable bonds is 0. The molecule has 188 valence electrons. The van der Waals surface area contributed by atoms with E-state index in [1.54, 1.807) is 18.2 Å². The summed E-state index contributed by atoms with van der Waals surface area (Å²) in [5.41, 5.74) is 13.0. The number of anilines is 1. The van der Waals surface area contributed by atoms with Gasteiger partial charge in [0.2, 0.25) is 0 Å². The quantitative estimate of drug-likeness (QED) is 0.142. The molecule has 0 saturated heterocycles. The Balaban J connectivity index is 0.000000179. The molecule has 0 spiro atoms. The molecule has 0 saturated carbocycles. The van der Waals surface area contributed by atoms with Gasteiger partial charge < -0.3 is 15.7 Å². The average molecular weight is 543 g/mol. The van der Waals surface area contributed by atoms with Crippen LogP contribution in [-0.2, 0) is 17.1 Å². The van der Waals surface area contributed by atoms with Gasteiger partial charge in [0.05, 0.1) is 33.5 Å². The second kappa shape index (κ2) is 10.2. The van der Waals surface area contributed by atoms with Crippen molar-refractivity contribution in [3.8, 4) is 0 Å². The molecule has 10 heteroatoms. The zero-order valence-corrected chi connectivity index (χ0v) is 20.9. The van der Waals surface area contributed by atoms with Crippen LogP contribution in [-0.4, -0.2) is 30.1 Å². The summed E-state index contributed by atoms with van der Waals surface area (Å²) in [5.74, 6) is 0. The fourth-order valence-corrected chi connectivity index (χ4v) is 4.20. The second-order valence-corrected chi connectivity index (χ2v) is 8.58. The summed E-state index contributed by atoms with van der Waals surface area (Å²) in [5, 5.41) is 4.98. The maximum Gasteiger partial charge on any atom is 0.272 e. The van der Waals surface area contributed by atoms with E-state index < -0.39 is 0 Å². The molecule has 38 heavy (non-hydrogen) atoms. The predicted octanol–water partition coefficient (Wildman–Crippen LogP) is 4.45. The molecule has 8 bridgehead atoms. The van der Waals surface area contributed by atoms with Crippen LogP contribution in [0.4, 0.5) is 5.69 Å². The minimum atomic E-state index is -0.382. The molecule has 0 fully saturated rings. The number of benzene rings is 1. The molecule has 1 aromatic carbocycles. The van der Waals surface area contributed by atoms with E-state index in [9.17, 15) is 9.59 Å². The van der Waals surface area contributed by atoms with Gasteiger partial charge in [0.25, 0.3) is 11.1 Å². The average Bonchev–Trinajstić information content (AvgIpc) is 3.68. The maximum atomic E-state index is 11.2. The third-order valence-electron chi connectivity index (χ3n) is 5.90. The van der Waals surface area contributed by atoms with Crippen LogP contribution in [0.3, 0.4) is 0 Å². The van der Waals surface area contributed by atoms with Gasteiger partial charge in [0.1, 0.15) is 0 Å². The molecule has 4 aromatic heterocycles. The number of nitrogens with zero attached hydrogens (tertiary/aromatic N) is 2. The number of hydrogen-bond donors (Lipinski definition) is 5. The summed E-state index contributed by atoms with van der Waals surface area (Å²) in [6, 6.07) is 21.2. The fraction of sp³-hybridized carbons (Fsp3) is 0. The predicted molar refractivity (Wildman–Crippen MR) is 148 cm³/mol. The van der Waals surface area contributed by atoms with Crippen LogP contribution >= 0.6 is 0 Å². The van der Waals surface area contributed by atoms with Gasteiger partial charge >= 0.3 is 0 Å². The molecule has 6 heterocycles. The molecular weight excluding hydrogens is 522 g/mol. The molecule has 9 nitrogen and oxygen atoms in total. The first-order valence-corrected chi connectivity index (χ1v) is 11.5. The van der Waals surface area contributed by atoms with Crippen molar-refractivity contribution in [2.24, 2.45) is 0 Å². The van der Waals surface area contributed by atoms with Gasteiger partial charge in [-0.05, 0) is 85.0 Å². The van der Waals surface area contributed by atoms with Gasteiger partial charge in [-0.15, -0.1) is 0 Å². The van der Waals surface area contributed by atoms with Crippen molar-refractivity contribution in [2.45, 2.75) is 0 Å². The Labute approximate surface area is 225 Å². The van der Waals surface area contributed by atoms with Crippen LogP contribution in [0.2, 0.25) is 0 Å². The first-order valence-electron chi connectivity index (χ1n) is 11.5. The van der Waals surface area contributed by atoms with E-state index in [-0.39, 0.29) is 33.6 Å². The summed E-state index contributed by atoms with van der Waals surface area (Å²) >= 11 is 0. The standard InChI is InChI=1S/C20H14N4.C8H7N3O2.Fe/c1-2-14-10-16-5-6-18(23-16)12-20-8-7-19(24-20)11-17-4-3-15(22-17)9-13(1)21-14;9-5-3-1-2-4-6(5)8(13)11-10-7(4)12;/h1-12,21-22H;1-3H,9H2,(H,10,12)(H,11,13);. The summed E-state index contributed by atoms with van der Waals surface area (Å²) < 4.78 is 0. The Morgan fingerprint density at radius 2 is 1.05 bits per heavy atom. The van der Waals surface area contributed by atoms with Crippen LogP contribution in [0.1, 0.15) is 22.8 Å². The number of H-pyrrole nitrogens is 4. The van der Waals surface area contributed by atoms with Crippen LogP contribution in [0.15, 0.2) is 76.3 Å². The molecule has 0 atom stereocenters. The van der Waals surface area contributed by atoms with Crippen molar-refractivity contribution in [1.82, 2.24) is 30.1 Å². The Bertz CT molecular complexity index is 1920. The number of nitrogens with one attached hydrogen (secondary N) is 4. The minimum absolute atomic E-state index is 0. The molecule has 0 amide bonds. The Morgan fingerprint density at radius 3 is 1.58 bits per heavy atom. The Hall–Kier alpha value is -4.92. The van der Waals surface area contributed by atoms with Crippen molar-refractivity contribution >= 4 is 62.8 Å². The number of nitrogens with two attached hydrogens (primary N) is 1. The number of aromatic amines is 4. The van der Waals surface area contributed by atoms with Crippen LogP contribution < -0.4 is 16.9 Å². The first-order chi connectivity index (χ1) is 18.0. The number of aromatic nitrogens is 6. The Morgan fingerprint density at radius 1 is 0.579 bits per heavy atom. The molecule has 0 aliphatic carbocycles. The van der Waals surface area contributed by atoms with Gasteiger partial charge in [-0.25, -0.2) is 9.97 Å². The molecule has 6 N–H and O–H groups in total. The van der Waals surface area contributed by atoms with Crippen molar-refractivity contribution in [3.63, 3.8) is 0 Å². The SMILES string of the molecule is C1=Cc2cc3ccc(cc4ccc(cc5nc(cc1n2)C=C5)[nH]4)[nH]3.Nc1cccc2c(=O)[nH][nH]c(=O)c12.[Fe]. The van der Waals surface area contributed by atoms with Crippen molar-refractivity contribution in [2.75, 3.05) is 5.73 Å². The van der Waals surface area contributed by atoms with Gasteiger partial charge in [-0.2, -0.15) is 0 Å². The van der Waals surface area contributed by atoms with Gasteiger partial charge in [0, 0.05) is 44.8 Å². The van der Waals surface area contributed by atoms with Crippen molar-refractivity contribution in [3.05, 3.63) is 110 Å². The monoisotopic (exact) mass is 543 g/mol. The van der Waals surface area contributed by atoms with E-state index in [0.29, 0.717) is 11.1 Å². The third kappa shape index (κ3) is 5.12.